The average molecular weight is 410 g/mol. The van der Waals surface area contributed by atoms with E-state index >= 15 is 0 Å². The Bertz CT molecular complexity index is 883. The monoisotopic (exact) mass is 409 g/mol. The molecular formula is C23H27N3O2S. The second-order valence-electron chi connectivity index (χ2n) is 7.11. The minimum absolute atomic E-state index is 0.0492. The van der Waals surface area contributed by atoms with Crippen LogP contribution in [0.1, 0.15) is 12.0 Å². The summed E-state index contributed by atoms with van der Waals surface area (Å²) in [5, 5.41) is 2.93. The van der Waals surface area contributed by atoms with Crippen LogP contribution in [0.2, 0.25) is 0 Å². The molecular weight excluding hydrogens is 382 g/mol. The SMILES string of the molecule is CSc1ccccc1NC(=O)CN(C)CC(=O)N1CC=C(c2ccccc2)CC1. The Morgan fingerprint density at radius 1 is 1.07 bits per heavy atom. The summed E-state index contributed by atoms with van der Waals surface area (Å²) in [6.07, 6.45) is 4.96. The molecule has 6 heteroatoms. The van der Waals surface area contributed by atoms with Crippen molar-refractivity contribution in [3.8, 4) is 0 Å². The lowest BCUT2D eigenvalue weighted by atomic mass is 9.99. The lowest BCUT2D eigenvalue weighted by Gasteiger charge is -2.28. The molecule has 2 aromatic carbocycles. The number of hydrogen-bond donors (Lipinski definition) is 1. The van der Waals surface area contributed by atoms with E-state index in [0.717, 1.165) is 17.0 Å². The zero-order valence-electron chi connectivity index (χ0n) is 16.9. The second-order valence-corrected chi connectivity index (χ2v) is 7.95. The first kappa shape index (κ1) is 21.1. The molecule has 3 rings (SSSR count). The number of hydrogen-bond acceptors (Lipinski definition) is 4. The lowest BCUT2D eigenvalue weighted by Crippen LogP contribution is -2.43. The Morgan fingerprint density at radius 2 is 1.79 bits per heavy atom. The predicted octanol–water partition coefficient (Wildman–Crippen LogP) is 3.59. The van der Waals surface area contributed by atoms with Crippen molar-refractivity contribution in [2.75, 3.05) is 44.8 Å². The summed E-state index contributed by atoms with van der Waals surface area (Å²) in [5.41, 5.74) is 3.31. The van der Waals surface area contributed by atoms with Crippen LogP contribution in [0.3, 0.4) is 0 Å². The summed E-state index contributed by atoms with van der Waals surface area (Å²) in [6.45, 7) is 1.73. The van der Waals surface area contributed by atoms with E-state index in [-0.39, 0.29) is 24.9 Å². The second kappa shape index (κ2) is 10.3. The topological polar surface area (TPSA) is 52.7 Å². The summed E-state index contributed by atoms with van der Waals surface area (Å²) < 4.78 is 0. The fourth-order valence-corrected chi connectivity index (χ4v) is 3.93. The molecule has 5 nitrogen and oxygen atoms in total. The molecule has 0 bridgehead atoms. The first-order valence-corrected chi connectivity index (χ1v) is 10.9. The molecule has 0 spiro atoms. The highest BCUT2D eigenvalue weighted by Crippen LogP contribution is 2.24. The normalized spacial score (nSPS) is 13.9. The van der Waals surface area contributed by atoms with Gasteiger partial charge in [-0.15, -0.1) is 11.8 Å². The summed E-state index contributed by atoms with van der Waals surface area (Å²) in [5.74, 6) is -0.0696. The van der Waals surface area contributed by atoms with Gasteiger partial charge in [-0.3, -0.25) is 14.5 Å². The van der Waals surface area contributed by atoms with Crippen LogP contribution < -0.4 is 5.32 Å². The van der Waals surface area contributed by atoms with Crippen LogP contribution in [-0.2, 0) is 9.59 Å². The zero-order chi connectivity index (χ0) is 20.6. The van der Waals surface area contributed by atoms with Crippen molar-refractivity contribution in [2.45, 2.75) is 11.3 Å². The Labute approximate surface area is 176 Å². The number of carbonyl (C=O) groups is 2. The molecule has 0 unspecified atom stereocenters. The number of nitrogens with one attached hydrogen (secondary N) is 1. The number of para-hydroxylation sites is 1. The molecule has 0 saturated carbocycles. The Hall–Kier alpha value is -2.57. The summed E-state index contributed by atoms with van der Waals surface area (Å²) >= 11 is 1.59. The van der Waals surface area contributed by atoms with Gasteiger partial charge < -0.3 is 10.2 Å². The van der Waals surface area contributed by atoms with E-state index in [2.05, 4.69) is 23.5 Å². The molecule has 0 fully saturated rings. The van der Waals surface area contributed by atoms with Gasteiger partial charge >= 0.3 is 0 Å². The van der Waals surface area contributed by atoms with Crippen molar-refractivity contribution in [3.63, 3.8) is 0 Å². The molecule has 0 aromatic heterocycles. The van der Waals surface area contributed by atoms with Crippen LogP contribution >= 0.6 is 11.8 Å². The van der Waals surface area contributed by atoms with E-state index in [9.17, 15) is 9.59 Å². The number of amides is 2. The van der Waals surface area contributed by atoms with Gasteiger partial charge in [-0.05, 0) is 43.0 Å². The fourth-order valence-electron chi connectivity index (χ4n) is 3.38. The molecule has 2 aromatic rings. The standard InChI is InChI=1S/C23H27N3O2S/c1-25(16-22(27)24-20-10-6-7-11-21(20)29-2)17-23(28)26-14-12-19(13-15-26)18-8-4-3-5-9-18/h3-12H,13-17H2,1-2H3,(H,24,27). The predicted molar refractivity (Wildman–Crippen MR) is 120 cm³/mol. The number of rotatable bonds is 7. The first-order chi connectivity index (χ1) is 14.1. The third-order valence-electron chi connectivity index (χ3n) is 4.91. The van der Waals surface area contributed by atoms with Crippen molar-refractivity contribution in [2.24, 2.45) is 0 Å². The molecule has 0 atom stereocenters. The van der Waals surface area contributed by atoms with Crippen molar-refractivity contribution in [1.29, 1.82) is 0 Å². The fraction of sp³-hybridized carbons (Fsp3) is 0.304. The first-order valence-electron chi connectivity index (χ1n) is 9.70. The van der Waals surface area contributed by atoms with Crippen LogP contribution in [-0.4, -0.2) is 61.1 Å². The molecule has 2 amide bonds. The average Bonchev–Trinajstić information content (AvgIpc) is 2.74. The van der Waals surface area contributed by atoms with E-state index in [4.69, 9.17) is 0 Å². The van der Waals surface area contributed by atoms with E-state index < -0.39 is 0 Å². The van der Waals surface area contributed by atoms with E-state index in [1.165, 1.54) is 11.1 Å². The molecule has 29 heavy (non-hydrogen) atoms. The molecule has 0 radical (unpaired) electrons. The number of thioether (sulfide) groups is 1. The Balaban J connectivity index is 1.48. The lowest BCUT2D eigenvalue weighted by molar-refractivity contribution is -0.132. The van der Waals surface area contributed by atoms with Crippen LogP contribution in [0, 0.1) is 0 Å². The van der Waals surface area contributed by atoms with E-state index in [1.54, 1.807) is 23.7 Å². The molecule has 0 aliphatic carbocycles. The highest BCUT2D eigenvalue weighted by atomic mass is 32.2. The van der Waals surface area contributed by atoms with Crippen LogP contribution in [0.25, 0.3) is 5.57 Å². The van der Waals surface area contributed by atoms with Crippen molar-refractivity contribution in [3.05, 3.63) is 66.2 Å². The van der Waals surface area contributed by atoms with E-state index in [1.807, 2.05) is 53.6 Å². The van der Waals surface area contributed by atoms with Crippen molar-refractivity contribution < 1.29 is 9.59 Å². The molecule has 0 saturated heterocycles. The Morgan fingerprint density at radius 3 is 2.48 bits per heavy atom. The molecule has 152 valence electrons. The van der Waals surface area contributed by atoms with Gasteiger partial charge in [0.2, 0.25) is 11.8 Å². The number of nitrogens with zero attached hydrogens (tertiary/aromatic N) is 2. The molecule has 1 N–H and O–H groups in total. The number of likely N-dealkylation sites (N-methyl/N-ethyl adjacent to an activating group) is 1. The Kier molecular flexibility index (Phi) is 7.49. The van der Waals surface area contributed by atoms with Gasteiger partial charge in [-0.1, -0.05) is 48.5 Å². The highest BCUT2D eigenvalue weighted by Gasteiger charge is 2.20. The van der Waals surface area contributed by atoms with Gasteiger partial charge in [-0.2, -0.15) is 0 Å². The number of carbonyl (C=O) groups excluding carboxylic acids is 2. The smallest absolute Gasteiger partial charge is 0.238 e. The van der Waals surface area contributed by atoms with Gasteiger partial charge in [0.1, 0.15) is 0 Å². The van der Waals surface area contributed by atoms with Crippen molar-refractivity contribution in [1.82, 2.24) is 9.80 Å². The molecule has 1 aliphatic heterocycles. The van der Waals surface area contributed by atoms with Gasteiger partial charge in [0.05, 0.1) is 18.8 Å². The summed E-state index contributed by atoms with van der Waals surface area (Å²) in [7, 11) is 1.80. The highest BCUT2D eigenvalue weighted by molar-refractivity contribution is 7.98. The largest absolute Gasteiger partial charge is 0.338 e. The summed E-state index contributed by atoms with van der Waals surface area (Å²) in [4.78, 5) is 29.6. The van der Waals surface area contributed by atoms with Crippen LogP contribution in [0.4, 0.5) is 5.69 Å². The van der Waals surface area contributed by atoms with Gasteiger partial charge in [0.15, 0.2) is 0 Å². The maximum Gasteiger partial charge on any atom is 0.238 e. The summed E-state index contributed by atoms with van der Waals surface area (Å²) in [6, 6.07) is 18.0. The number of benzene rings is 2. The third-order valence-corrected chi connectivity index (χ3v) is 5.70. The zero-order valence-corrected chi connectivity index (χ0v) is 17.7. The van der Waals surface area contributed by atoms with Gasteiger partial charge in [0, 0.05) is 18.0 Å². The van der Waals surface area contributed by atoms with E-state index in [0.29, 0.717) is 13.1 Å². The minimum atomic E-state index is -0.119. The van der Waals surface area contributed by atoms with Crippen molar-refractivity contribution >= 4 is 34.8 Å². The third kappa shape index (κ3) is 5.95. The number of anilines is 1. The van der Waals surface area contributed by atoms with Crippen LogP contribution in [0.5, 0.6) is 0 Å². The molecule has 1 aliphatic rings. The molecule has 1 heterocycles. The van der Waals surface area contributed by atoms with Gasteiger partial charge in [-0.25, -0.2) is 0 Å². The maximum absolute atomic E-state index is 12.6. The minimum Gasteiger partial charge on any atom is -0.338 e. The van der Waals surface area contributed by atoms with Crippen LogP contribution in [0.15, 0.2) is 65.6 Å². The maximum atomic E-state index is 12.6. The quantitative estimate of drug-likeness (QED) is 0.710. The van der Waals surface area contributed by atoms with Gasteiger partial charge in [0.25, 0.3) is 0 Å².